The second-order valence-electron chi connectivity index (χ2n) is 7.94. The molecule has 0 saturated carbocycles. The van der Waals surface area contributed by atoms with E-state index in [4.69, 9.17) is 14.5 Å². The summed E-state index contributed by atoms with van der Waals surface area (Å²) in [5.41, 5.74) is 2.22. The highest BCUT2D eigenvalue weighted by Gasteiger charge is 2.12. The Labute approximate surface area is 181 Å². The van der Waals surface area contributed by atoms with Crippen molar-refractivity contribution < 1.29 is 9.47 Å². The Morgan fingerprint density at radius 2 is 1.40 bits per heavy atom. The number of para-hydroxylation sites is 4. The van der Waals surface area contributed by atoms with Gasteiger partial charge in [-0.15, -0.1) is 0 Å². The van der Waals surface area contributed by atoms with Crippen LogP contribution < -0.4 is 9.47 Å². The number of benzene rings is 2. The average molecular weight is 409 g/mol. The first-order valence-corrected chi connectivity index (χ1v) is 11.5. The summed E-state index contributed by atoms with van der Waals surface area (Å²) in [5.74, 6) is 2.47. The van der Waals surface area contributed by atoms with E-state index in [1.165, 1.54) is 63.3 Å². The Kier molecular flexibility index (Phi) is 9.07. The van der Waals surface area contributed by atoms with E-state index in [1.54, 1.807) is 7.11 Å². The van der Waals surface area contributed by atoms with Crippen molar-refractivity contribution in [2.24, 2.45) is 0 Å². The van der Waals surface area contributed by atoms with Crippen LogP contribution in [0.2, 0.25) is 0 Å². The number of rotatable bonds is 14. The predicted molar refractivity (Wildman–Crippen MR) is 124 cm³/mol. The van der Waals surface area contributed by atoms with Crippen LogP contribution in [-0.4, -0.2) is 16.7 Å². The molecular weight excluding hydrogens is 372 g/mol. The fourth-order valence-corrected chi connectivity index (χ4v) is 3.95. The summed E-state index contributed by atoms with van der Waals surface area (Å²) < 4.78 is 13.8. The minimum Gasteiger partial charge on any atom is -0.493 e. The minimum absolute atomic E-state index is 0.437. The summed E-state index contributed by atoms with van der Waals surface area (Å²) in [7, 11) is 1.67. The first-order valence-electron chi connectivity index (χ1n) is 11.5. The first kappa shape index (κ1) is 22.2. The van der Waals surface area contributed by atoms with Crippen molar-refractivity contribution in [2.45, 2.75) is 77.9 Å². The highest BCUT2D eigenvalue weighted by Crippen LogP contribution is 2.27. The normalized spacial score (nSPS) is 11.1. The van der Waals surface area contributed by atoms with E-state index in [0.29, 0.717) is 6.61 Å². The van der Waals surface area contributed by atoms with Crippen LogP contribution in [0.25, 0.3) is 11.0 Å². The quantitative estimate of drug-likeness (QED) is 0.266. The molecule has 4 heteroatoms. The molecule has 2 aromatic carbocycles. The molecule has 1 heterocycles. The summed E-state index contributed by atoms with van der Waals surface area (Å²) in [6.45, 7) is 3.70. The highest BCUT2D eigenvalue weighted by atomic mass is 16.5. The smallest absolute Gasteiger partial charge is 0.161 e. The molecule has 0 saturated heterocycles. The molecule has 0 bridgehead atoms. The average Bonchev–Trinajstić information content (AvgIpc) is 3.14. The molecule has 0 aliphatic rings. The van der Waals surface area contributed by atoms with Gasteiger partial charge in [0.25, 0.3) is 0 Å². The summed E-state index contributed by atoms with van der Waals surface area (Å²) in [5, 5.41) is 0. The highest BCUT2D eigenvalue weighted by molar-refractivity contribution is 5.75. The lowest BCUT2D eigenvalue weighted by Gasteiger charge is -2.12. The molecule has 3 rings (SSSR count). The van der Waals surface area contributed by atoms with E-state index >= 15 is 0 Å². The van der Waals surface area contributed by atoms with Gasteiger partial charge in [0.15, 0.2) is 11.5 Å². The van der Waals surface area contributed by atoms with Crippen molar-refractivity contribution >= 4 is 11.0 Å². The second-order valence-corrected chi connectivity index (χ2v) is 7.94. The van der Waals surface area contributed by atoms with Crippen molar-refractivity contribution in [3.8, 4) is 11.5 Å². The van der Waals surface area contributed by atoms with Crippen LogP contribution >= 0.6 is 0 Å². The van der Waals surface area contributed by atoms with Gasteiger partial charge in [-0.1, -0.05) is 82.6 Å². The van der Waals surface area contributed by atoms with Gasteiger partial charge in [-0.05, 0) is 30.7 Å². The third-order valence-electron chi connectivity index (χ3n) is 5.64. The maximum Gasteiger partial charge on any atom is 0.161 e. The summed E-state index contributed by atoms with van der Waals surface area (Å²) in [6, 6.07) is 16.1. The van der Waals surface area contributed by atoms with Gasteiger partial charge in [-0.25, -0.2) is 4.98 Å². The molecule has 0 radical (unpaired) electrons. The molecule has 0 fully saturated rings. The van der Waals surface area contributed by atoms with Crippen molar-refractivity contribution in [1.82, 2.24) is 9.55 Å². The standard InChI is InChI=1S/C26H36N2O2/c1-3-4-5-6-7-8-9-10-15-20-28-23-17-12-11-16-22(23)27-26(28)21-30-25-19-14-13-18-24(25)29-2/h11-14,16-19H,3-10,15,20-21H2,1-2H3. The lowest BCUT2D eigenvalue weighted by atomic mass is 10.1. The van der Waals surface area contributed by atoms with E-state index in [-0.39, 0.29) is 0 Å². The first-order chi connectivity index (χ1) is 14.8. The maximum atomic E-state index is 6.07. The lowest BCUT2D eigenvalue weighted by molar-refractivity contribution is 0.271. The van der Waals surface area contributed by atoms with Crippen LogP contribution in [0.3, 0.4) is 0 Å². The monoisotopic (exact) mass is 408 g/mol. The van der Waals surface area contributed by atoms with Gasteiger partial charge in [0.05, 0.1) is 18.1 Å². The third-order valence-corrected chi connectivity index (χ3v) is 5.64. The van der Waals surface area contributed by atoms with E-state index in [1.807, 2.05) is 30.3 Å². The zero-order chi connectivity index (χ0) is 21.0. The Balaban J connectivity index is 1.55. The van der Waals surface area contributed by atoms with Crippen LogP contribution in [0.15, 0.2) is 48.5 Å². The molecule has 0 N–H and O–H groups in total. The van der Waals surface area contributed by atoms with E-state index in [2.05, 4.69) is 29.7 Å². The minimum atomic E-state index is 0.437. The second kappa shape index (κ2) is 12.3. The van der Waals surface area contributed by atoms with Crippen molar-refractivity contribution in [3.05, 3.63) is 54.4 Å². The lowest BCUT2D eigenvalue weighted by Crippen LogP contribution is -2.08. The molecule has 30 heavy (non-hydrogen) atoms. The zero-order valence-corrected chi connectivity index (χ0v) is 18.6. The van der Waals surface area contributed by atoms with E-state index in [0.717, 1.165) is 29.4 Å². The number of hydrogen-bond donors (Lipinski definition) is 0. The molecule has 162 valence electrons. The van der Waals surface area contributed by atoms with E-state index in [9.17, 15) is 0 Å². The molecule has 0 spiro atoms. The number of unbranched alkanes of at least 4 members (excludes halogenated alkanes) is 8. The number of aromatic nitrogens is 2. The van der Waals surface area contributed by atoms with Crippen molar-refractivity contribution in [3.63, 3.8) is 0 Å². The number of aryl methyl sites for hydroxylation is 1. The molecule has 4 nitrogen and oxygen atoms in total. The summed E-state index contributed by atoms with van der Waals surface area (Å²) in [4.78, 5) is 4.84. The Morgan fingerprint density at radius 1 is 0.767 bits per heavy atom. The van der Waals surface area contributed by atoms with Gasteiger partial charge in [0.2, 0.25) is 0 Å². The number of ether oxygens (including phenoxy) is 2. The van der Waals surface area contributed by atoms with E-state index < -0.39 is 0 Å². The fourth-order valence-electron chi connectivity index (χ4n) is 3.95. The Hall–Kier alpha value is -2.49. The number of fused-ring (bicyclic) bond motifs is 1. The Bertz CT molecular complexity index is 888. The Morgan fingerprint density at radius 3 is 2.13 bits per heavy atom. The topological polar surface area (TPSA) is 36.3 Å². The van der Waals surface area contributed by atoms with Gasteiger partial charge in [-0.2, -0.15) is 0 Å². The van der Waals surface area contributed by atoms with Crippen molar-refractivity contribution in [1.29, 1.82) is 0 Å². The van der Waals surface area contributed by atoms with Gasteiger partial charge < -0.3 is 14.0 Å². The van der Waals surface area contributed by atoms with Crippen molar-refractivity contribution in [2.75, 3.05) is 7.11 Å². The predicted octanol–water partition coefficient (Wildman–Crippen LogP) is 7.15. The molecule has 0 atom stereocenters. The van der Waals surface area contributed by atoms with Crippen LogP contribution in [-0.2, 0) is 13.2 Å². The van der Waals surface area contributed by atoms with Crippen LogP contribution in [0.1, 0.15) is 70.5 Å². The molecule has 0 aliphatic carbocycles. The largest absolute Gasteiger partial charge is 0.493 e. The zero-order valence-electron chi connectivity index (χ0n) is 18.6. The number of methoxy groups -OCH3 is 1. The van der Waals surface area contributed by atoms with Gasteiger partial charge in [-0.3, -0.25) is 0 Å². The molecule has 0 aliphatic heterocycles. The number of imidazole rings is 1. The third kappa shape index (κ3) is 6.25. The fraction of sp³-hybridized carbons (Fsp3) is 0.500. The molecular formula is C26H36N2O2. The summed E-state index contributed by atoms with van der Waals surface area (Å²) >= 11 is 0. The summed E-state index contributed by atoms with van der Waals surface area (Å²) in [6.07, 6.45) is 12.0. The molecule has 3 aromatic rings. The SMILES string of the molecule is CCCCCCCCCCCn1c(COc2ccccc2OC)nc2ccccc21. The maximum absolute atomic E-state index is 6.07. The van der Waals surface area contributed by atoms with Gasteiger partial charge in [0.1, 0.15) is 12.4 Å². The van der Waals surface area contributed by atoms with Gasteiger partial charge in [0, 0.05) is 6.54 Å². The van der Waals surface area contributed by atoms with Crippen LogP contribution in [0.5, 0.6) is 11.5 Å². The van der Waals surface area contributed by atoms with Crippen LogP contribution in [0.4, 0.5) is 0 Å². The van der Waals surface area contributed by atoms with Crippen LogP contribution in [0, 0.1) is 0 Å². The number of hydrogen-bond acceptors (Lipinski definition) is 3. The number of nitrogens with zero attached hydrogens (tertiary/aromatic N) is 2. The van der Waals surface area contributed by atoms with Gasteiger partial charge >= 0.3 is 0 Å². The molecule has 1 aromatic heterocycles. The molecule has 0 unspecified atom stereocenters. The molecule has 0 amide bonds.